The van der Waals surface area contributed by atoms with Crippen LogP contribution in [0, 0.1) is 0 Å². The summed E-state index contributed by atoms with van der Waals surface area (Å²) in [6.07, 6.45) is -1.30. The first-order chi connectivity index (χ1) is 14.4. The number of nitrogens with two attached hydrogens (primary N) is 2. The lowest BCUT2D eigenvalue weighted by Crippen LogP contribution is -2.59. The van der Waals surface area contributed by atoms with Gasteiger partial charge in [0.2, 0.25) is 23.6 Å². The van der Waals surface area contributed by atoms with Crippen molar-refractivity contribution in [3.8, 4) is 0 Å². The van der Waals surface area contributed by atoms with Crippen LogP contribution in [0.2, 0.25) is 0 Å². The number of carbonyl (C=O) groups is 6. The minimum absolute atomic E-state index is 0.232. The number of rotatable bonds is 15. The van der Waals surface area contributed by atoms with Gasteiger partial charge in [-0.3, -0.25) is 24.0 Å². The Bertz CT molecular complexity index is 686. The maximum absolute atomic E-state index is 12.2. The van der Waals surface area contributed by atoms with E-state index in [2.05, 4.69) is 5.32 Å². The van der Waals surface area contributed by atoms with Crippen molar-refractivity contribution in [2.45, 2.75) is 49.9 Å². The van der Waals surface area contributed by atoms with Crippen LogP contribution in [-0.2, 0) is 28.8 Å². The lowest BCUT2D eigenvalue weighted by atomic mass is 10.1. The monoisotopic (exact) mass is 449 g/mol. The molecule has 0 aliphatic heterocycles. The number of nitrogens with one attached hydrogen (secondary N) is 3. The number of carboxylic acid groups (broad SMARTS) is 2. The van der Waals surface area contributed by atoms with Crippen LogP contribution in [0.25, 0.3) is 0 Å². The molecular weight excluding hydrogens is 422 g/mol. The minimum atomic E-state index is -1.64. The van der Waals surface area contributed by atoms with Gasteiger partial charge < -0.3 is 47.8 Å². The van der Waals surface area contributed by atoms with Crippen molar-refractivity contribution in [3.63, 3.8) is 0 Å². The molecule has 11 N–H and O–H groups in total. The Morgan fingerprint density at radius 2 is 1.16 bits per heavy atom. The Balaban J connectivity index is 4.97. The highest BCUT2D eigenvalue weighted by atomic mass is 16.4. The molecule has 0 aromatic heterocycles. The van der Waals surface area contributed by atoms with E-state index in [4.69, 9.17) is 21.7 Å². The molecule has 31 heavy (non-hydrogen) atoms. The number of primary amides is 1. The molecule has 4 unspecified atom stereocenters. The number of hydrogen-bond acceptors (Lipinski definition) is 9. The van der Waals surface area contributed by atoms with E-state index in [-0.39, 0.29) is 19.3 Å². The lowest BCUT2D eigenvalue weighted by Gasteiger charge is -2.23. The molecule has 4 atom stereocenters. The summed E-state index contributed by atoms with van der Waals surface area (Å²) < 4.78 is 0. The predicted molar refractivity (Wildman–Crippen MR) is 101 cm³/mol. The summed E-state index contributed by atoms with van der Waals surface area (Å²) in [7, 11) is 0. The van der Waals surface area contributed by atoms with Gasteiger partial charge in [-0.2, -0.15) is 0 Å². The number of aliphatic hydroxyl groups excluding tert-OH is 2. The lowest BCUT2D eigenvalue weighted by molar-refractivity contribution is -0.143. The Morgan fingerprint density at radius 1 is 0.710 bits per heavy atom. The van der Waals surface area contributed by atoms with E-state index in [9.17, 15) is 39.0 Å². The van der Waals surface area contributed by atoms with E-state index >= 15 is 0 Å². The Kier molecular flexibility index (Phi) is 12.4. The molecular formula is C16H27N5O10. The number of aliphatic hydroxyl groups is 2. The van der Waals surface area contributed by atoms with E-state index in [0.29, 0.717) is 0 Å². The largest absolute Gasteiger partial charge is 0.481 e. The summed E-state index contributed by atoms with van der Waals surface area (Å²) in [5.41, 5.74) is 10.4. The fourth-order valence-electron chi connectivity index (χ4n) is 2.17. The van der Waals surface area contributed by atoms with E-state index in [1.54, 1.807) is 0 Å². The highest BCUT2D eigenvalue weighted by molar-refractivity contribution is 5.94. The Morgan fingerprint density at radius 3 is 1.55 bits per heavy atom. The highest BCUT2D eigenvalue weighted by Gasteiger charge is 2.30. The van der Waals surface area contributed by atoms with Gasteiger partial charge in [-0.25, -0.2) is 4.79 Å². The molecule has 15 heteroatoms. The van der Waals surface area contributed by atoms with Gasteiger partial charge in [0.05, 0.1) is 19.3 Å². The van der Waals surface area contributed by atoms with Gasteiger partial charge in [0.1, 0.15) is 18.1 Å². The van der Waals surface area contributed by atoms with Crippen LogP contribution in [0.15, 0.2) is 0 Å². The summed E-state index contributed by atoms with van der Waals surface area (Å²) >= 11 is 0. The number of carboxylic acids is 2. The van der Waals surface area contributed by atoms with Crippen molar-refractivity contribution in [3.05, 3.63) is 0 Å². The third-order valence-electron chi connectivity index (χ3n) is 3.93. The van der Waals surface area contributed by atoms with Crippen LogP contribution < -0.4 is 27.4 Å². The first kappa shape index (κ1) is 27.7. The zero-order valence-corrected chi connectivity index (χ0v) is 16.4. The molecule has 0 bridgehead atoms. The molecule has 0 aliphatic carbocycles. The van der Waals surface area contributed by atoms with Crippen LogP contribution in [0.5, 0.6) is 0 Å². The molecule has 0 saturated carbocycles. The third kappa shape index (κ3) is 10.9. The average Bonchev–Trinajstić information content (AvgIpc) is 2.70. The second-order valence-corrected chi connectivity index (χ2v) is 6.43. The van der Waals surface area contributed by atoms with Crippen LogP contribution in [0.3, 0.4) is 0 Å². The number of carbonyl (C=O) groups excluding carboxylic acids is 4. The van der Waals surface area contributed by atoms with Crippen molar-refractivity contribution >= 4 is 35.6 Å². The SMILES string of the molecule is NC(=O)CCC(NC(=O)C(CO)NC(=O)C(CO)NC(=O)C(N)CCC(=O)O)C(=O)O. The molecule has 0 aliphatic rings. The number of amides is 4. The fourth-order valence-corrected chi connectivity index (χ4v) is 2.17. The normalized spacial score (nSPS) is 14.4. The van der Waals surface area contributed by atoms with E-state index < -0.39 is 79.4 Å². The summed E-state index contributed by atoms with van der Waals surface area (Å²) in [6.45, 7) is -1.87. The molecule has 0 spiro atoms. The third-order valence-corrected chi connectivity index (χ3v) is 3.93. The summed E-state index contributed by atoms with van der Waals surface area (Å²) in [5.74, 6) is -6.60. The zero-order valence-electron chi connectivity index (χ0n) is 16.4. The fraction of sp³-hybridized carbons (Fsp3) is 0.625. The first-order valence-corrected chi connectivity index (χ1v) is 9.04. The van der Waals surface area contributed by atoms with Gasteiger partial charge in [-0.05, 0) is 12.8 Å². The van der Waals surface area contributed by atoms with Crippen LogP contribution >= 0.6 is 0 Å². The summed E-state index contributed by atoms with van der Waals surface area (Å²) in [4.78, 5) is 68.8. The maximum atomic E-state index is 12.2. The van der Waals surface area contributed by atoms with Gasteiger partial charge in [0.25, 0.3) is 0 Å². The smallest absolute Gasteiger partial charge is 0.326 e. The zero-order chi connectivity index (χ0) is 24.1. The summed E-state index contributed by atoms with van der Waals surface area (Å²) in [5, 5.41) is 42.4. The van der Waals surface area contributed by atoms with Gasteiger partial charge in [0, 0.05) is 12.8 Å². The van der Waals surface area contributed by atoms with Crippen LogP contribution in [0.4, 0.5) is 0 Å². The molecule has 0 saturated heterocycles. The molecule has 4 amide bonds. The topological polar surface area (TPSA) is 271 Å². The van der Waals surface area contributed by atoms with Gasteiger partial charge in [-0.15, -0.1) is 0 Å². The first-order valence-electron chi connectivity index (χ1n) is 9.04. The maximum Gasteiger partial charge on any atom is 0.326 e. The number of hydrogen-bond donors (Lipinski definition) is 9. The molecule has 0 radical (unpaired) electrons. The van der Waals surface area contributed by atoms with Crippen molar-refractivity contribution in [2.24, 2.45) is 11.5 Å². The van der Waals surface area contributed by atoms with Crippen molar-refractivity contribution in [1.82, 2.24) is 16.0 Å². The highest BCUT2D eigenvalue weighted by Crippen LogP contribution is 2.00. The number of aliphatic carboxylic acids is 2. The van der Waals surface area contributed by atoms with Crippen molar-refractivity contribution in [1.29, 1.82) is 0 Å². The van der Waals surface area contributed by atoms with Crippen molar-refractivity contribution < 1.29 is 49.2 Å². The molecule has 0 aromatic carbocycles. The predicted octanol–water partition coefficient (Wildman–Crippen LogP) is -5.03. The molecule has 176 valence electrons. The van der Waals surface area contributed by atoms with Crippen molar-refractivity contribution in [2.75, 3.05) is 13.2 Å². The van der Waals surface area contributed by atoms with E-state index in [0.717, 1.165) is 0 Å². The van der Waals surface area contributed by atoms with Gasteiger partial charge >= 0.3 is 11.9 Å². The van der Waals surface area contributed by atoms with Gasteiger partial charge in [-0.1, -0.05) is 0 Å². The molecule has 15 nitrogen and oxygen atoms in total. The van der Waals surface area contributed by atoms with E-state index in [1.165, 1.54) is 0 Å². The van der Waals surface area contributed by atoms with Crippen LogP contribution in [-0.4, -0.2) is 93.4 Å². The van der Waals surface area contributed by atoms with E-state index in [1.807, 2.05) is 10.6 Å². The van der Waals surface area contributed by atoms with Gasteiger partial charge in [0.15, 0.2) is 0 Å². The van der Waals surface area contributed by atoms with Crippen LogP contribution in [0.1, 0.15) is 25.7 Å². The quantitative estimate of drug-likeness (QED) is 0.114. The molecule has 0 rings (SSSR count). The molecule has 0 fully saturated rings. The summed E-state index contributed by atoms with van der Waals surface area (Å²) in [6, 6.07) is -6.03. The standard InChI is InChI=1S/C16H27N5O10/c17-7(1-4-12(25)26)13(27)20-9(5-22)15(29)21-10(6-23)14(28)19-8(16(30)31)2-3-11(18)24/h7-10,22-23H,1-6,17H2,(H2,18,24)(H,19,28)(H,20,27)(H,21,29)(H,25,26)(H,30,31). The Labute approximate surface area is 176 Å². The second kappa shape index (κ2) is 13.8. The Hall–Kier alpha value is -3.30. The second-order valence-electron chi connectivity index (χ2n) is 6.43. The average molecular weight is 449 g/mol. The molecule has 0 heterocycles. The minimum Gasteiger partial charge on any atom is -0.481 e. The molecule has 0 aromatic rings.